The lowest BCUT2D eigenvalue weighted by molar-refractivity contribution is -0.116. The first-order chi connectivity index (χ1) is 9.00. The van der Waals surface area contributed by atoms with Gasteiger partial charge in [-0.2, -0.15) is 0 Å². The summed E-state index contributed by atoms with van der Waals surface area (Å²) in [6.07, 6.45) is 7.37. The van der Waals surface area contributed by atoms with E-state index in [1.165, 1.54) is 0 Å². The van der Waals surface area contributed by atoms with E-state index in [1.807, 2.05) is 36.4 Å². The maximum Gasteiger partial charge on any atom is 0.156 e. The Bertz CT molecular complexity index is 536. The van der Waals surface area contributed by atoms with Gasteiger partial charge in [0.15, 0.2) is 5.78 Å². The van der Waals surface area contributed by atoms with Gasteiger partial charge in [0, 0.05) is 12.0 Å². The molecule has 100 valence electrons. The van der Waals surface area contributed by atoms with Crippen LogP contribution in [0.5, 0.6) is 5.75 Å². The largest absolute Gasteiger partial charge is 0.496 e. The van der Waals surface area contributed by atoms with E-state index in [2.05, 4.69) is 13.8 Å². The Morgan fingerprint density at radius 3 is 2.58 bits per heavy atom. The summed E-state index contributed by atoms with van der Waals surface area (Å²) in [7, 11) is 1.67. The number of ether oxygens (including phenoxy) is 1. The Balaban J connectivity index is 2.21. The summed E-state index contributed by atoms with van der Waals surface area (Å²) in [5.74, 6) is 1.07. The van der Waals surface area contributed by atoms with Gasteiger partial charge in [0.1, 0.15) is 5.75 Å². The van der Waals surface area contributed by atoms with Gasteiger partial charge in [-0.05, 0) is 29.6 Å². The fraction of sp³-hybridized carbons (Fsp3) is 0.353. The summed E-state index contributed by atoms with van der Waals surface area (Å²) in [5.41, 5.74) is 2.18. The van der Waals surface area contributed by atoms with E-state index in [4.69, 9.17) is 4.74 Å². The molecule has 1 aliphatic carbocycles. The number of allylic oxidation sites excluding steroid dienone is 3. The number of benzene rings is 1. The van der Waals surface area contributed by atoms with Crippen molar-refractivity contribution in [2.45, 2.75) is 26.7 Å². The molecule has 2 nitrogen and oxygen atoms in total. The molecule has 0 heterocycles. The average molecular weight is 256 g/mol. The van der Waals surface area contributed by atoms with Crippen molar-refractivity contribution in [3.05, 3.63) is 47.6 Å². The summed E-state index contributed by atoms with van der Waals surface area (Å²) in [4.78, 5) is 11.7. The summed E-state index contributed by atoms with van der Waals surface area (Å²) in [5, 5.41) is 0. The number of carbonyl (C=O) groups excluding carboxylic acids is 1. The van der Waals surface area contributed by atoms with Gasteiger partial charge < -0.3 is 4.74 Å². The molecule has 19 heavy (non-hydrogen) atoms. The Morgan fingerprint density at radius 1 is 1.16 bits per heavy atom. The van der Waals surface area contributed by atoms with Crippen LogP contribution in [0, 0.1) is 5.41 Å². The van der Waals surface area contributed by atoms with Crippen LogP contribution in [0.15, 0.2) is 42.0 Å². The Hall–Kier alpha value is -1.83. The van der Waals surface area contributed by atoms with Crippen LogP contribution in [0.25, 0.3) is 6.08 Å². The lowest BCUT2D eigenvalue weighted by Crippen LogP contribution is -2.21. The van der Waals surface area contributed by atoms with Gasteiger partial charge >= 0.3 is 0 Å². The summed E-state index contributed by atoms with van der Waals surface area (Å²) in [6, 6.07) is 7.87. The molecule has 1 aliphatic rings. The maximum atomic E-state index is 11.7. The highest BCUT2D eigenvalue weighted by molar-refractivity contribution is 5.92. The second-order valence-electron chi connectivity index (χ2n) is 5.78. The SMILES string of the molecule is COc1ccccc1/C=C/C1=CC(=O)CC(C)(C)C1. The molecule has 0 amide bonds. The highest BCUT2D eigenvalue weighted by Gasteiger charge is 2.26. The van der Waals surface area contributed by atoms with Crippen molar-refractivity contribution in [3.63, 3.8) is 0 Å². The van der Waals surface area contributed by atoms with Crippen LogP contribution in [0.1, 0.15) is 32.3 Å². The minimum Gasteiger partial charge on any atom is -0.496 e. The molecule has 0 N–H and O–H groups in total. The second kappa shape index (κ2) is 5.43. The highest BCUT2D eigenvalue weighted by atomic mass is 16.5. The van der Waals surface area contributed by atoms with Crippen molar-refractivity contribution >= 4 is 11.9 Å². The molecule has 0 saturated heterocycles. The van der Waals surface area contributed by atoms with E-state index >= 15 is 0 Å². The molecule has 0 aliphatic heterocycles. The van der Waals surface area contributed by atoms with Crippen LogP contribution < -0.4 is 4.74 Å². The van der Waals surface area contributed by atoms with Gasteiger partial charge in [0.2, 0.25) is 0 Å². The monoisotopic (exact) mass is 256 g/mol. The summed E-state index contributed by atoms with van der Waals surface area (Å²) < 4.78 is 5.31. The molecule has 0 atom stereocenters. The van der Waals surface area contributed by atoms with Gasteiger partial charge in [0.05, 0.1) is 7.11 Å². The van der Waals surface area contributed by atoms with Gasteiger partial charge in [-0.1, -0.05) is 44.2 Å². The number of hydrogen-bond donors (Lipinski definition) is 0. The molecule has 2 heteroatoms. The van der Waals surface area contributed by atoms with E-state index in [-0.39, 0.29) is 11.2 Å². The molecule has 0 bridgehead atoms. The van der Waals surface area contributed by atoms with Crippen molar-refractivity contribution in [3.8, 4) is 5.75 Å². The minimum atomic E-state index is 0.0618. The molecular formula is C17H20O2. The zero-order valence-electron chi connectivity index (χ0n) is 11.8. The van der Waals surface area contributed by atoms with Crippen molar-refractivity contribution < 1.29 is 9.53 Å². The summed E-state index contributed by atoms with van der Waals surface area (Å²) in [6.45, 7) is 4.27. The smallest absolute Gasteiger partial charge is 0.156 e. The quantitative estimate of drug-likeness (QED) is 0.816. The number of hydrogen-bond acceptors (Lipinski definition) is 2. The van der Waals surface area contributed by atoms with E-state index in [9.17, 15) is 4.79 Å². The summed E-state index contributed by atoms with van der Waals surface area (Å²) >= 11 is 0. The van der Waals surface area contributed by atoms with Gasteiger partial charge in [0.25, 0.3) is 0 Å². The third-order valence-corrected chi connectivity index (χ3v) is 3.30. The van der Waals surface area contributed by atoms with Crippen molar-refractivity contribution in [2.75, 3.05) is 7.11 Å². The Kier molecular flexibility index (Phi) is 3.89. The third kappa shape index (κ3) is 3.57. The molecule has 0 aromatic heterocycles. The number of rotatable bonds is 3. The predicted molar refractivity (Wildman–Crippen MR) is 78.1 cm³/mol. The molecule has 0 fully saturated rings. The van der Waals surface area contributed by atoms with Crippen molar-refractivity contribution in [1.82, 2.24) is 0 Å². The van der Waals surface area contributed by atoms with Gasteiger partial charge in [-0.25, -0.2) is 0 Å². The lowest BCUT2D eigenvalue weighted by atomic mass is 9.77. The molecule has 0 radical (unpaired) electrons. The van der Waals surface area contributed by atoms with Crippen LogP contribution in [-0.2, 0) is 4.79 Å². The van der Waals surface area contributed by atoms with Crippen molar-refractivity contribution in [1.29, 1.82) is 0 Å². The first-order valence-electron chi connectivity index (χ1n) is 6.55. The van der Waals surface area contributed by atoms with E-state index in [1.54, 1.807) is 13.2 Å². The number of carbonyl (C=O) groups is 1. The van der Waals surface area contributed by atoms with Crippen LogP contribution in [0.4, 0.5) is 0 Å². The standard InChI is InChI=1S/C17H20O2/c1-17(2)11-13(10-15(18)12-17)8-9-14-6-4-5-7-16(14)19-3/h4-10H,11-12H2,1-3H3/b9-8+. The maximum absolute atomic E-state index is 11.7. The number of para-hydroxylation sites is 1. The highest BCUT2D eigenvalue weighted by Crippen LogP contribution is 2.34. The molecule has 1 aromatic rings. The molecule has 1 aromatic carbocycles. The van der Waals surface area contributed by atoms with E-state index in [0.717, 1.165) is 23.3 Å². The normalized spacial score (nSPS) is 18.5. The van der Waals surface area contributed by atoms with E-state index < -0.39 is 0 Å². The third-order valence-electron chi connectivity index (χ3n) is 3.30. The molecule has 0 saturated carbocycles. The van der Waals surface area contributed by atoms with Gasteiger partial charge in [-0.3, -0.25) is 4.79 Å². The topological polar surface area (TPSA) is 26.3 Å². The zero-order valence-corrected chi connectivity index (χ0v) is 11.8. The van der Waals surface area contributed by atoms with Crippen molar-refractivity contribution in [2.24, 2.45) is 5.41 Å². The second-order valence-corrected chi connectivity index (χ2v) is 5.78. The van der Waals surface area contributed by atoms with Gasteiger partial charge in [-0.15, -0.1) is 0 Å². The Labute approximate surface area is 114 Å². The first-order valence-corrected chi connectivity index (χ1v) is 6.55. The Morgan fingerprint density at radius 2 is 1.89 bits per heavy atom. The number of ketones is 1. The molecule has 2 rings (SSSR count). The number of methoxy groups -OCH3 is 1. The minimum absolute atomic E-state index is 0.0618. The first kappa shape index (κ1) is 13.6. The molecule has 0 spiro atoms. The van der Waals surface area contributed by atoms with Crippen LogP contribution in [-0.4, -0.2) is 12.9 Å². The molecular weight excluding hydrogens is 236 g/mol. The predicted octanol–water partition coefficient (Wildman–Crippen LogP) is 4.02. The zero-order chi connectivity index (χ0) is 13.9. The van der Waals surface area contributed by atoms with Crippen LogP contribution in [0.3, 0.4) is 0 Å². The fourth-order valence-electron chi connectivity index (χ4n) is 2.50. The fourth-order valence-corrected chi connectivity index (χ4v) is 2.50. The van der Waals surface area contributed by atoms with E-state index in [0.29, 0.717) is 6.42 Å². The average Bonchev–Trinajstić information content (AvgIpc) is 2.34. The molecule has 0 unspecified atom stereocenters. The van der Waals surface area contributed by atoms with Crippen LogP contribution >= 0.6 is 0 Å². The van der Waals surface area contributed by atoms with Crippen LogP contribution in [0.2, 0.25) is 0 Å². The lowest BCUT2D eigenvalue weighted by Gasteiger charge is -2.27.